The summed E-state index contributed by atoms with van der Waals surface area (Å²) in [5.41, 5.74) is 2.48. The van der Waals surface area contributed by atoms with Crippen molar-refractivity contribution in [3.8, 4) is 0 Å². The number of rotatable bonds is 3. The quantitative estimate of drug-likeness (QED) is 0.946. The van der Waals surface area contributed by atoms with Gasteiger partial charge in [0.15, 0.2) is 0 Å². The number of aromatic nitrogens is 1. The second-order valence-corrected chi connectivity index (χ2v) is 6.62. The van der Waals surface area contributed by atoms with Crippen LogP contribution in [0.5, 0.6) is 0 Å². The van der Waals surface area contributed by atoms with E-state index in [4.69, 9.17) is 0 Å². The van der Waals surface area contributed by atoms with Crippen molar-refractivity contribution in [1.82, 2.24) is 14.8 Å². The Kier molecular flexibility index (Phi) is 3.41. The van der Waals surface area contributed by atoms with E-state index in [2.05, 4.69) is 45.1 Å². The minimum absolute atomic E-state index is 0.331. The van der Waals surface area contributed by atoms with Gasteiger partial charge in [-0.1, -0.05) is 25.1 Å². The number of nitrogens with one attached hydrogen (secondary N) is 1. The van der Waals surface area contributed by atoms with Gasteiger partial charge in [0.25, 0.3) is 0 Å². The van der Waals surface area contributed by atoms with E-state index in [0.29, 0.717) is 24.4 Å². The van der Waals surface area contributed by atoms with Gasteiger partial charge in [0.1, 0.15) is 0 Å². The zero-order valence-electron chi connectivity index (χ0n) is 13.1. The molecule has 0 spiro atoms. The molecule has 2 aliphatic rings. The molecule has 1 N–H and O–H groups in total. The summed E-state index contributed by atoms with van der Waals surface area (Å²) in [5.74, 6) is 0.331. The number of likely N-dealkylation sites (tertiary alicyclic amines) is 1. The van der Waals surface area contributed by atoms with E-state index in [-0.39, 0.29) is 0 Å². The first-order chi connectivity index (χ1) is 10.7. The van der Waals surface area contributed by atoms with E-state index in [1.165, 1.54) is 29.4 Å². The first-order valence-corrected chi connectivity index (χ1v) is 8.34. The lowest BCUT2D eigenvalue weighted by Gasteiger charge is -2.41. The van der Waals surface area contributed by atoms with E-state index in [0.717, 1.165) is 19.6 Å². The first-order valence-electron chi connectivity index (χ1n) is 8.34. The van der Waals surface area contributed by atoms with Gasteiger partial charge < -0.3 is 9.88 Å². The van der Waals surface area contributed by atoms with Gasteiger partial charge in [0.05, 0.1) is 0 Å². The third kappa shape index (κ3) is 2.31. The molecule has 2 saturated heterocycles. The third-order valence-corrected chi connectivity index (χ3v) is 5.13. The van der Waals surface area contributed by atoms with Crippen LogP contribution >= 0.6 is 0 Å². The molecule has 0 aliphatic carbocycles. The van der Waals surface area contributed by atoms with Crippen molar-refractivity contribution >= 4 is 16.8 Å². The van der Waals surface area contributed by atoms with Crippen LogP contribution in [0.2, 0.25) is 0 Å². The Bertz CT molecular complexity index is 645. The van der Waals surface area contributed by atoms with Crippen LogP contribution in [-0.4, -0.2) is 45.9 Å². The maximum absolute atomic E-state index is 12.1. The molecule has 116 valence electrons. The summed E-state index contributed by atoms with van der Waals surface area (Å²) in [6.07, 6.45) is 2.97. The molecule has 2 bridgehead atoms. The van der Waals surface area contributed by atoms with Crippen LogP contribution in [0.25, 0.3) is 10.9 Å². The van der Waals surface area contributed by atoms with Gasteiger partial charge in [-0.15, -0.1) is 0 Å². The second kappa shape index (κ2) is 5.43. The number of H-pyrrole nitrogens is 1. The predicted molar refractivity (Wildman–Crippen MR) is 87.5 cm³/mol. The fraction of sp³-hybridized carbons (Fsp3) is 0.500. The highest BCUT2D eigenvalue weighted by Crippen LogP contribution is 2.31. The molecule has 1 aromatic carbocycles. The molecule has 0 radical (unpaired) electrons. The Morgan fingerprint density at radius 1 is 1.23 bits per heavy atom. The van der Waals surface area contributed by atoms with Gasteiger partial charge in [0, 0.05) is 49.3 Å². The van der Waals surface area contributed by atoms with E-state index < -0.39 is 0 Å². The van der Waals surface area contributed by atoms with Crippen molar-refractivity contribution in [1.29, 1.82) is 0 Å². The topological polar surface area (TPSA) is 39.3 Å². The molecule has 1 aromatic heterocycles. The molecule has 4 nitrogen and oxygen atoms in total. The Labute approximate surface area is 131 Å². The maximum Gasteiger partial charge on any atom is 0.222 e. The molecule has 0 saturated carbocycles. The summed E-state index contributed by atoms with van der Waals surface area (Å²) in [4.78, 5) is 20.3. The molecular formula is C18H23N3O. The minimum Gasteiger partial charge on any atom is -0.357 e. The fourth-order valence-corrected chi connectivity index (χ4v) is 4.17. The number of hydrogen-bond acceptors (Lipinski definition) is 2. The highest BCUT2D eigenvalue weighted by atomic mass is 16.2. The molecule has 2 aliphatic heterocycles. The molecule has 3 heterocycles. The van der Waals surface area contributed by atoms with Crippen LogP contribution in [0.3, 0.4) is 0 Å². The fourth-order valence-electron chi connectivity index (χ4n) is 4.17. The molecule has 22 heavy (non-hydrogen) atoms. The van der Waals surface area contributed by atoms with Crippen molar-refractivity contribution in [2.45, 2.75) is 44.8 Å². The van der Waals surface area contributed by atoms with E-state index in [1.54, 1.807) is 0 Å². The molecule has 2 unspecified atom stereocenters. The van der Waals surface area contributed by atoms with Gasteiger partial charge >= 0.3 is 0 Å². The van der Waals surface area contributed by atoms with Crippen LogP contribution in [0, 0.1) is 0 Å². The molecule has 1 amide bonds. The number of fused-ring (bicyclic) bond motifs is 3. The van der Waals surface area contributed by atoms with E-state index >= 15 is 0 Å². The summed E-state index contributed by atoms with van der Waals surface area (Å²) >= 11 is 0. The number of carbonyl (C=O) groups is 1. The lowest BCUT2D eigenvalue weighted by atomic mass is 10.1. The molecule has 2 aromatic rings. The number of aromatic amines is 1. The molecular weight excluding hydrogens is 274 g/mol. The predicted octanol–water partition coefficient (Wildman–Crippen LogP) is 2.75. The van der Waals surface area contributed by atoms with Gasteiger partial charge in [-0.3, -0.25) is 9.69 Å². The Morgan fingerprint density at radius 2 is 1.95 bits per heavy atom. The normalized spacial score (nSPS) is 25.0. The molecule has 4 heteroatoms. The number of para-hydroxylation sites is 1. The van der Waals surface area contributed by atoms with E-state index in [9.17, 15) is 4.79 Å². The van der Waals surface area contributed by atoms with Gasteiger partial charge in [-0.25, -0.2) is 0 Å². The van der Waals surface area contributed by atoms with Gasteiger partial charge in [-0.05, 0) is 30.4 Å². The van der Waals surface area contributed by atoms with Crippen molar-refractivity contribution in [2.24, 2.45) is 0 Å². The van der Waals surface area contributed by atoms with Crippen LogP contribution < -0.4 is 0 Å². The lowest BCUT2D eigenvalue weighted by molar-refractivity contribution is -0.136. The SMILES string of the molecule is CCC(=O)N1C2CCC1CN(Cc1cc3ccccc3[nH]1)C2. The van der Waals surface area contributed by atoms with Crippen molar-refractivity contribution in [3.05, 3.63) is 36.0 Å². The average molecular weight is 297 g/mol. The van der Waals surface area contributed by atoms with Crippen LogP contribution in [-0.2, 0) is 11.3 Å². The third-order valence-electron chi connectivity index (χ3n) is 5.13. The molecule has 2 atom stereocenters. The second-order valence-electron chi connectivity index (χ2n) is 6.62. The number of nitrogens with zero attached hydrogens (tertiary/aromatic N) is 2. The zero-order chi connectivity index (χ0) is 15.1. The summed E-state index contributed by atoms with van der Waals surface area (Å²) in [6.45, 7) is 4.95. The number of piperazine rings is 1. The van der Waals surface area contributed by atoms with Crippen molar-refractivity contribution in [2.75, 3.05) is 13.1 Å². The van der Waals surface area contributed by atoms with Crippen molar-refractivity contribution < 1.29 is 4.79 Å². The van der Waals surface area contributed by atoms with Crippen LogP contribution in [0.4, 0.5) is 0 Å². The molecule has 2 fully saturated rings. The monoisotopic (exact) mass is 297 g/mol. The number of carbonyl (C=O) groups excluding carboxylic acids is 1. The van der Waals surface area contributed by atoms with Crippen LogP contribution in [0.1, 0.15) is 31.9 Å². The number of hydrogen-bond donors (Lipinski definition) is 1. The summed E-state index contributed by atoms with van der Waals surface area (Å²) in [5, 5.41) is 1.28. The van der Waals surface area contributed by atoms with Gasteiger partial charge in [-0.2, -0.15) is 0 Å². The lowest BCUT2D eigenvalue weighted by Crippen LogP contribution is -2.55. The summed E-state index contributed by atoms with van der Waals surface area (Å²) in [7, 11) is 0. The summed E-state index contributed by atoms with van der Waals surface area (Å²) in [6, 6.07) is 11.5. The Morgan fingerprint density at radius 3 is 2.64 bits per heavy atom. The highest BCUT2D eigenvalue weighted by molar-refractivity contribution is 5.80. The molecule has 4 rings (SSSR count). The maximum atomic E-state index is 12.1. The Hall–Kier alpha value is -1.81. The number of benzene rings is 1. The highest BCUT2D eigenvalue weighted by Gasteiger charge is 2.41. The smallest absolute Gasteiger partial charge is 0.222 e. The average Bonchev–Trinajstić information content (AvgIpc) is 3.04. The minimum atomic E-state index is 0.331. The Balaban J connectivity index is 1.48. The number of amides is 1. The van der Waals surface area contributed by atoms with Crippen LogP contribution in [0.15, 0.2) is 30.3 Å². The standard InChI is InChI=1S/C18H23N3O/c1-2-18(22)21-15-7-8-16(21)12-20(11-15)10-14-9-13-5-3-4-6-17(13)19-14/h3-6,9,15-16,19H,2,7-8,10-12H2,1H3. The van der Waals surface area contributed by atoms with Crippen molar-refractivity contribution in [3.63, 3.8) is 0 Å². The summed E-state index contributed by atoms with van der Waals surface area (Å²) < 4.78 is 0. The largest absolute Gasteiger partial charge is 0.357 e. The zero-order valence-corrected chi connectivity index (χ0v) is 13.1. The van der Waals surface area contributed by atoms with Gasteiger partial charge in [0.2, 0.25) is 5.91 Å². The first kappa shape index (κ1) is 13.8. The van der Waals surface area contributed by atoms with E-state index in [1.807, 2.05) is 6.92 Å².